The van der Waals surface area contributed by atoms with Crippen molar-refractivity contribution >= 4 is 34.7 Å². The summed E-state index contributed by atoms with van der Waals surface area (Å²) in [6, 6.07) is 11.4. The Balaban J connectivity index is 1.28. The predicted molar refractivity (Wildman–Crippen MR) is 120 cm³/mol. The number of carbonyl (C=O) groups is 2. The molecule has 4 rings (SSSR count). The van der Waals surface area contributed by atoms with Crippen LogP contribution in [0.25, 0.3) is 11.0 Å². The zero-order valence-corrected chi connectivity index (χ0v) is 18.7. The van der Waals surface area contributed by atoms with E-state index in [1.54, 1.807) is 25.3 Å². The summed E-state index contributed by atoms with van der Waals surface area (Å²) < 4.78 is 15.9. The van der Waals surface area contributed by atoms with E-state index in [9.17, 15) is 9.59 Å². The van der Waals surface area contributed by atoms with E-state index in [1.807, 2.05) is 36.4 Å². The summed E-state index contributed by atoms with van der Waals surface area (Å²) in [5.41, 5.74) is 3.68. The normalized spacial score (nSPS) is 12.9. The molecule has 166 valence electrons. The van der Waals surface area contributed by atoms with E-state index in [0.29, 0.717) is 36.0 Å². The van der Waals surface area contributed by atoms with Crippen molar-refractivity contribution < 1.29 is 23.8 Å². The molecule has 0 bridgehead atoms. The summed E-state index contributed by atoms with van der Waals surface area (Å²) in [7, 11) is 3.18. The highest BCUT2D eigenvalue weighted by Crippen LogP contribution is 2.33. The maximum atomic E-state index is 12.6. The average molecular weight is 454 g/mol. The first-order valence-electron chi connectivity index (χ1n) is 10.1. The van der Waals surface area contributed by atoms with Crippen molar-refractivity contribution in [2.45, 2.75) is 18.0 Å². The summed E-state index contributed by atoms with van der Waals surface area (Å²) in [6.45, 7) is 0.708. The van der Waals surface area contributed by atoms with Gasteiger partial charge < -0.3 is 19.1 Å². The Morgan fingerprint density at radius 2 is 1.78 bits per heavy atom. The van der Waals surface area contributed by atoms with Crippen molar-refractivity contribution in [3.8, 4) is 11.5 Å². The monoisotopic (exact) mass is 453 g/mol. The lowest BCUT2D eigenvalue weighted by Crippen LogP contribution is -2.38. The molecule has 0 spiro atoms. The maximum Gasteiger partial charge on any atom is 0.316 e. The van der Waals surface area contributed by atoms with Gasteiger partial charge in [0.05, 0.1) is 37.2 Å². The molecule has 2 aromatic carbocycles. The van der Waals surface area contributed by atoms with Gasteiger partial charge in [-0.25, -0.2) is 4.98 Å². The first-order valence-corrected chi connectivity index (χ1v) is 11.1. The standard InChI is InChI=1S/C23H23N3O5S/c1-29-19-9-15-7-8-26(12-16(15)10-20(19)30-2)22(27)13-31-23(28)14-32-21-11-24-17-5-3-4-6-18(17)25-21/h3-6,9-11H,7-8,12-14H2,1-2H3. The third kappa shape index (κ3) is 4.94. The number of thioether (sulfide) groups is 1. The number of amides is 1. The minimum Gasteiger partial charge on any atom is -0.493 e. The van der Waals surface area contributed by atoms with Crippen molar-refractivity contribution in [2.75, 3.05) is 33.1 Å². The van der Waals surface area contributed by atoms with Gasteiger partial charge in [-0.3, -0.25) is 14.6 Å². The number of rotatable bonds is 7. The zero-order valence-electron chi connectivity index (χ0n) is 17.9. The van der Waals surface area contributed by atoms with Crippen LogP contribution in [0.15, 0.2) is 47.6 Å². The summed E-state index contributed by atoms with van der Waals surface area (Å²) in [5, 5.41) is 0.629. The van der Waals surface area contributed by atoms with Gasteiger partial charge in [0.15, 0.2) is 18.1 Å². The highest BCUT2D eigenvalue weighted by atomic mass is 32.2. The fraction of sp³-hybridized carbons (Fsp3) is 0.304. The van der Waals surface area contributed by atoms with E-state index < -0.39 is 5.97 Å². The molecule has 8 nitrogen and oxygen atoms in total. The Morgan fingerprint density at radius 3 is 2.53 bits per heavy atom. The summed E-state index contributed by atoms with van der Waals surface area (Å²) in [6.07, 6.45) is 2.33. The van der Waals surface area contributed by atoms with E-state index in [4.69, 9.17) is 14.2 Å². The molecule has 3 aromatic rings. The molecule has 9 heteroatoms. The van der Waals surface area contributed by atoms with Crippen LogP contribution in [0.2, 0.25) is 0 Å². The predicted octanol–water partition coefficient (Wildman–Crippen LogP) is 2.87. The number of hydrogen-bond donors (Lipinski definition) is 0. The average Bonchev–Trinajstić information content (AvgIpc) is 2.84. The molecule has 1 aliphatic rings. The molecule has 0 atom stereocenters. The molecule has 0 fully saturated rings. The van der Waals surface area contributed by atoms with E-state index >= 15 is 0 Å². The number of hydrogen-bond acceptors (Lipinski definition) is 8. The molecule has 1 amide bonds. The maximum absolute atomic E-state index is 12.6. The number of methoxy groups -OCH3 is 2. The SMILES string of the molecule is COc1cc2c(cc1OC)CN(C(=O)COC(=O)CSc1cnc3ccccc3n1)CC2. The van der Waals surface area contributed by atoms with Gasteiger partial charge in [-0.05, 0) is 41.8 Å². The van der Waals surface area contributed by atoms with E-state index in [1.165, 1.54) is 11.8 Å². The third-order valence-electron chi connectivity index (χ3n) is 5.19. The number of aromatic nitrogens is 2. The minimum atomic E-state index is -0.470. The van der Waals surface area contributed by atoms with Crippen molar-refractivity contribution in [3.05, 3.63) is 53.7 Å². The Morgan fingerprint density at radius 1 is 1.06 bits per heavy atom. The van der Waals surface area contributed by atoms with Crippen molar-refractivity contribution in [1.29, 1.82) is 0 Å². The fourth-order valence-electron chi connectivity index (χ4n) is 3.51. The molecule has 1 aliphatic heterocycles. The molecule has 0 unspecified atom stereocenters. The number of benzene rings is 2. The van der Waals surface area contributed by atoms with Gasteiger partial charge in [0.25, 0.3) is 5.91 Å². The molecule has 32 heavy (non-hydrogen) atoms. The molecular weight excluding hydrogens is 430 g/mol. The highest BCUT2D eigenvalue weighted by Gasteiger charge is 2.23. The van der Waals surface area contributed by atoms with Gasteiger partial charge in [0.1, 0.15) is 5.03 Å². The number of ether oxygens (including phenoxy) is 3. The van der Waals surface area contributed by atoms with E-state index in [-0.39, 0.29) is 18.3 Å². The highest BCUT2D eigenvalue weighted by molar-refractivity contribution is 7.99. The van der Waals surface area contributed by atoms with Crippen LogP contribution in [0.5, 0.6) is 11.5 Å². The smallest absolute Gasteiger partial charge is 0.316 e. The lowest BCUT2D eigenvalue weighted by molar-refractivity contribution is -0.150. The number of nitrogens with zero attached hydrogens (tertiary/aromatic N) is 3. The van der Waals surface area contributed by atoms with E-state index in [0.717, 1.165) is 22.2 Å². The topological polar surface area (TPSA) is 90.8 Å². The molecule has 2 heterocycles. The molecule has 0 N–H and O–H groups in total. The summed E-state index contributed by atoms with van der Waals surface area (Å²) >= 11 is 1.23. The van der Waals surface area contributed by atoms with Gasteiger partial charge in [0, 0.05) is 13.1 Å². The van der Waals surface area contributed by atoms with Crippen LogP contribution in [0, 0.1) is 0 Å². The summed E-state index contributed by atoms with van der Waals surface area (Å²) in [5.74, 6) is 0.658. The van der Waals surface area contributed by atoms with E-state index in [2.05, 4.69) is 9.97 Å². The molecule has 1 aromatic heterocycles. The van der Waals surface area contributed by atoms with Crippen molar-refractivity contribution in [3.63, 3.8) is 0 Å². The first kappa shape index (κ1) is 21.9. The Kier molecular flexibility index (Phi) is 6.75. The number of esters is 1. The quantitative estimate of drug-likeness (QED) is 0.398. The lowest BCUT2D eigenvalue weighted by atomic mass is 9.99. The molecule has 0 saturated heterocycles. The number of fused-ring (bicyclic) bond motifs is 2. The Hall–Kier alpha value is -3.33. The van der Waals surface area contributed by atoms with Crippen LogP contribution >= 0.6 is 11.8 Å². The van der Waals surface area contributed by atoms with Crippen LogP contribution in [0.3, 0.4) is 0 Å². The Labute approximate surface area is 189 Å². The summed E-state index contributed by atoms with van der Waals surface area (Å²) in [4.78, 5) is 35.2. The van der Waals surface area contributed by atoms with Crippen LogP contribution in [0.4, 0.5) is 0 Å². The second kappa shape index (κ2) is 9.86. The molecule has 0 aliphatic carbocycles. The van der Waals surface area contributed by atoms with Crippen LogP contribution in [-0.4, -0.2) is 59.9 Å². The number of carbonyl (C=O) groups excluding carboxylic acids is 2. The van der Waals surface area contributed by atoms with Crippen molar-refractivity contribution in [1.82, 2.24) is 14.9 Å². The van der Waals surface area contributed by atoms with Gasteiger partial charge in [-0.2, -0.15) is 0 Å². The first-order chi connectivity index (χ1) is 15.6. The third-order valence-corrected chi connectivity index (χ3v) is 6.06. The fourth-order valence-corrected chi connectivity index (χ4v) is 4.15. The molecular formula is C23H23N3O5S. The Bertz CT molecular complexity index is 1150. The largest absolute Gasteiger partial charge is 0.493 e. The van der Waals surface area contributed by atoms with Gasteiger partial charge in [-0.15, -0.1) is 0 Å². The van der Waals surface area contributed by atoms with Gasteiger partial charge >= 0.3 is 5.97 Å². The zero-order chi connectivity index (χ0) is 22.5. The molecule has 0 saturated carbocycles. The number of para-hydroxylation sites is 2. The second-order valence-electron chi connectivity index (χ2n) is 7.19. The van der Waals surface area contributed by atoms with Gasteiger partial charge in [-0.1, -0.05) is 23.9 Å². The second-order valence-corrected chi connectivity index (χ2v) is 8.18. The van der Waals surface area contributed by atoms with Crippen LogP contribution in [-0.2, 0) is 27.3 Å². The van der Waals surface area contributed by atoms with Crippen LogP contribution in [0.1, 0.15) is 11.1 Å². The molecule has 0 radical (unpaired) electrons. The minimum absolute atomic E-state index is 0.0557. The lowest BCUT2D eigenvalue weighted by Gasteiger charge is -2.29. The van der Waals surface area contributed by atoms with Gasteiger partial charge in [0.2, 0.25) is 0 Å². The van der Waals surface area contributed by atoms with Crippen molar-refractivity contribution in [2.24, 2.45) is 0 Å². The van der Waals surface area contributed by atoms with Crippen LogP contribution < -0.4 is 9.47 Å².